The first-order chi connectivity index (χ1) is 14.5. The van der Waals surface area contributed by atoms with Crippen LogP contribution in [0.5, 0.6) is 0 Å². The lowest BCUT2D eigenvalue weighted by molar-refractivity contribution is 0.0950. The van der Waals surface area contributed by atoms with Crippen LogP contribution in [0.25, 0.3) is 5.65 Å². The number of carbonyl (C=O) groups excluding carboxylic acids is 2. The van der Waals surface area contributed by atoms with E-state index in [0.717, 1.165) is 23.3 Å². The van der Waals surface area contributed by atoms with Gasteiger partial charge in [-0.2, -0.15) is 0 Å². The number of pyridine rings is 1. The van der Waals surface area contributed by atoms with Gasteiger partial charge in [-0.1, -0.05) is 0 Å². The number of benzene rings is 2. The van der Waals surface area contributed by atoms with Crippen molar-refractivity contribution in [3.8, 4) is 0 Å². The van der Waals surface area contributed by atoms with Crippen LogP contribution in [0.2, 0.25) is 0 Å². The number of nitrogens with one attached hydrogen (secondary N) is 2. The Hall–Kier alpha value is -4.07. The summed E-state index contributed by atoms with van der Waals surface area (Å²) < 4.78 is 28.4. The lowest BCUT2D eigenvalue weighted by Gasteiger charge is -2.08. The Bertz CT molecular complexity index is 1220. The highest BCUT2D eigenvalue weighted by Gasteiger charge is 2.11. The topological polar surface area (TPSA) is 75.5 Å². The molecule has 0 fully saturated rings. The summed E-state index contributed by atoms with van der Waals surface area (Å²) in [5.74, 6) is -2.60. The van der Waals surface area contributed by atoms with Gasteiger partial charge in [0, 0.05) is 48.0 Å². The van der Waals surface area contributed by atoms with E-state index in [4.69, 9.17) is 0 Å². The minimum absolute atomic E-state index is 0.135. The third kappa shape index (κ3) is 4.33. The summed E-state index contributed by atoms with van der Waals surface area (Å²) in [6.45, 7) is 0.339. The van der Waals surface area contributed by atoms with Crippen molar-refractivity contribution in [3.05, 3.63) is 102 Å². The summed E-state index contributed by atoms with van der Waals surface area (Å²) in [7, 11) is 0. The van der Waals surface area contributed by atoms with E-state index in [0.29, 0.717) is 23.9 Å². The molecule has 150 valence electrons. The predicted molar refractivity (Wildman–Crippen MR) is 107 cm³/mol. The van der Waals surface area contributed by atoms with Crippen molar-refractivity contribution in [3.63, 3.8) is 0 Å². The zero-order chi connectivity index (χ0) is 21.1. The van der Waals surface area contributed by atoms with Gasteiger partial charge in [-0.05, 0) is 54.1 Å². The standard InChI is InChI=1S/C22H16F2N4O2/c23-17-10-16(11-18(24)12-17)22(30)27-19-3-1-15(2-4-19)21(29)26-13-14-5-7-28-8-6-25-20(28)9-14/h1-12H,13H2,(H,26,29)(H,27,30). The number of aromatic nitrogens is 2. The quantitative estimate of drug-likeness (QED) is 0.530. The van der Waals surface area contributed by atoms with E-state index < -0.39 is 17.5 Å². The predicted octanol–water partition coefficient (Wildman–Crippen LogP) is 3.79. The molecule has 0 aliphatic rings. The van der Waals surface area contributed by atoms with Crippen LogP contribution in [-0.2, 0) is 6.54 Å². The van der Waals surface area contributed by atoms with Crippen molar-refractivity contribution < 1.29 is 18.4 Å². The van der Waals surface area contributed by atoms with E-state index in [1.807, 2.05) is 28.9 Å². The molecule has 0 unspecified atom stereocenters. The van der Waals surface area contributed by atoms with Crippen LogP contribution in [0, 0.1) is 11.6 Å². The molecule has 2 aromatic carbocycles. The molecule has 2 heterocycles. The Balaban J connectivity index is 1.37. The molecule has 2 aromatic heterocycles. The molecule has 0 spiro atoms. The van der Waals surface area contributed by atoms with E-state index in [9.17, 15) is 18.4 Å². The maximum absolute atomic E-state index is 13.3. The third-order valence-electron chi connectivity index (χ3n) is 4.45. The average molecular weight is 406 g/mol. The summed E-state index contributed by atoms with van der Waals surface area (Å²) in [4.78, 5) is 28.7. The second kappa shape index (κ2) is 8.12. The number of nitrogens with zero attached hydrogens (tertiary/aromatic N) is 2. The van der Waals surface area contributed by atoms with Crippen LogP contribution in [-0.4, -0.2) is 21.2 Å². The minimum atomic E-state index is -0.834. The van der Waals surface area contributed by atoms with Gasteiger partial charge in [0.2, 0.25) is 0 Å². The van der Waals surface area contributed by atoms with Crippen LogP contribution in [0.4, 0.5) is 14.5 Å². The molecule has 0 radical (unpaired) electrons. The fourth-order valence-electron chi connectivity index (χ4n) is 2.94. The second-order valence-corrected chi connectivity index (χ2v) is 6.60. The molecule has 30 heavy (non-hydrogen) atoms. The van der Waals surface area contributed by atoms with Gasteiger partial charge in [-0.25, -0.2) is 13.8 Å². The molecule has 0 aliphatic carbocycles. The molecule has 8 heteroatoms. The molecule has 6 nitrogen and oxygen atoms in total. The third-order valence-corrected chi connectivity index (χ3v) is 4.45. The SMILES string of the molecule is O=C(NCc1ccn2ccnc2c1)c1ccc(NC(=O)c2cc(F)cc(F)c2)cc1. The average Bonchev–Trinajstić information content (AvgIpc) is 3.19. The molecule has 4 aromatic rings. The molecule has 4 rings (SSSR count). The van der Waals surface area contributed by atoms with Crippen molar-refractivity contribution in [1.82, 2.24) is 14.7 Å². The van der Waals surface area contributed by atoms with Gasteiger partial charge in [-0.3, -0.25) is 9.59 Å². The number of amides is 2. The summed E-state index contributed by atoms with van der Waals surface area (Å²) >= 11 is 0. The van der Waals surface area contributed by atoms with Crippen molar-refractivity contribution in [2.24, 2.45) is 0 Å². The normalized spacial score (nSPS) is 10.7. The number of hydrogen-bond donors (Lipinski definition) is 2. The number of rotatable bonds is 5. The Labute approximate surface area is 170 Å². The largest absolute Gasteiger partial charge is 0.348 e. The van der Waals surface area contributed by atoms with Crippen molar-refractivity contribution in [2.45, 2.75) is 6.54 Å². The molecule has 2 N–H and O–H groups in total. The summed E-state index contributed by atoms with van der Waals surface area (Å²) in [5, 5.41) is 5.36. The van der Waals surface area contributed by atoms with Crippen molar-refractivity contribution >= 4 is 23.1 Å². The molecule has 0 atom stereocenters. The Kier molecular flexibility index (Phi) is 5.21. The van der Waals surface area contributed by atoms with E-state index in [1.54, 1.807) is 30.5 Å². The molecule has 0 saturated carbocycles. The molecule has 2 amide bonds. The summed E-state index contributed by atoms with van der Waals surface area (Å²) in [5.41, 5.74) is 2.37. The number of carbonyl (C=O) groups is 2. The van der Waals surface area contributed by atoms with Gasteiger partial charge in [-0.15, -0.1) is 0 Å². The Morgan fingerprint density at radius 3 is 2.33 bits per heavy atom. The minimum Gasteiger partial charge on any atom is -0.348 e. The smallest absolute Gasteiger partial charge is 0.255 e. The highest BCUT2D eigenvalue weighted by Crippen LogP contribution is 2.14. The first-order valence-electron chi connectivity index (χ1n) is 9.05. The van der Waals surface area contributed by atoms with Gasteiger partial charge in [0.25, 0.3) is 11.8 Å². The van der Waals surface area contributed by atoms with Gasteiger partial charge in [0.1, 0.15) is 17.3 Å². The van der Waals surface area contributed by atoms with Crippen LogP contribution >= 0.6 is 0 Å². The molecule has 0 aliphatic heterocycles. The number of halogens is 2. The summed E-state index contributed by atoms with van der Waals surface area (Å²) in [6, 6.07) is 12.5. The van der Waals surface area contributed by atoms with Gasteiger partial charge >= 0.3 is 0 Å². The molecule has 0 bridgehead atoms. The highest BCUT2D eigenvalue weighted by atomic mass is 19.1. The van der Waals surface area contributed by atoms with E-state index in [1.165, 1.54) is 0 Å². The first-order valence-corrected chi connectivity index (χ1v) is 9.05. The number of anilines is 1. The van der Waals surface area contributed by atoms with Crippen LogP contribution in [0.1, 0.15) is 26.3 Å². The Morgan fingerprint density at radius 1 is 0.867 bits per heavy atom. The maximum Gasteiger partial charge on any atom is 0.255 e. The number of imidazole rings is 1. The number of hydrogen-bond acceptors (Lipinski definition) is 3. The molecular weight excluding hydrogens is 390 g/mol. The fourth-order valence-corrected chi connectivity index (χ4v) is 2.94. The zero-order valence-corrected chi connectivity index (χ0v) is 15.6. The Morgan fingerprint density at radius 2 is 1.60 bits per heavy atom. The molecular formula is C22H16F2N4O2. The highest BCUT2D eigenvalue weighted by molar-refractivity contribution is 6.04. The van der Waals surface area contributed by atoms with Crippen LogP contribution < -0.4 is 10.6 Å². The monoisotopic (exact) mass is 406 g/mol. The van der Waals surface area contributed by atoms with Crippen molar-refractivity contribution in [2.75, 3.05) is 5.32 Å². The van der Waals surface area contributed by atoms with Gasteiger partial charge in [0.15, 0.2) is 0 Å². The lowest BCUT2D eigenvalue weighted by Crippen LogP contribution is -2.22. The fraction of sp³-hybridized carbons (Fsp3) is 0.0455. The summed E-state index contributed by atoms with van der Waals surface area (Å²) in [6.07, 6.45) is 5.40. The lowest BCUT2D eigenvalue weighted by atomic mass is 10.1. The van der Waals surface area contributed by atoms with E-state index >= 15 is 0 Å². The number of fused-ring (bicyclic) bond motifs is 1. The second-order valence-electron chi connectivity index (χ2n) is 6.60. The van der Waals surface area contributed by atoms with Crippen molar-refractivity contribution in [1.29, 1.82) is 0 Å². The van der Waals surface area contributed by atoms with E-state index in [-0.39, 0.29) is 11.5 Å². The maximum atomic E-state index is 13.3. The first kappa shape index (κ1) is 19.3. The van der Waals surface area contributed by atoms with Gasteiger partial charge < -0.3 is 15.0 Å². The van der Waals surface area contributed by atoms with Crippen LogP contribution in [0.3, 0.4) is 0 Å². The van der Waals surface area contributed by atoms with Crippen LogP contribution in [0.15, 0.2) is 73.2 Å². The zero-order valence-electron chi connectivity index (χ0n) is 15.6. The van der Waals surface area contributed by atoms with Gasteiger partial charge in [0.05, 0.1) is 0 Å². The molecule has 0 saturated heterocycles. The van der Waals surface area contributed by atoms with E-state index in [2.05, 4.69) is 15.6 Å².